The van der Waals surface area contributed by atoms with Crippen LogP contribution in [0.1, 0.15) is 30.4 Å². The number of ketones is 1. The first-order valence-electron chi connectivity index (χ1n) is 11.0. The number of nitrogens with zero attached hydrogens (tertiary/aromatic N) is 1. The second-order valence-corrected chi connectivity index (χ2v) is 9.02. The molecule has 148 valence electrons. The predicted molar refractivity (Wildman–Crippen MR) is 114 cm³/mol. The standard InChI is InChI=1S/C26H27NO2/c28-25-23(19-9-5-2-6-10-19)22(18-7-3-1-4-8-18)24-20-11-12-21(17-20)26(24,25)27-13-15-29-16-14-27/h1-10,20-21,24H,11-17H2/t20?,21?,24-,26+/m1/s1. The molecule has 2 bridgehead atoms. The Morgan fingerprint density at radius 1 is 0.862 bits per heavy atom. The van der Waals surface area contributed by atoms with E-state index in [-0.39, 0.29) is 5.54 Å². The monoisotopic (exact) mass is 385 g/mol. The molecule has 0 amide bonds. The average molecular weight is 386 g/mol. The Morgan fingerprint density at radius 3 is 2.21 bits per heavy atom. The minimum absolute atomic E-state index is 0.310. The van der Waals surface area contributed by atoms with E-state index in [2.05, 4.69) is 59.5 Å². The number of rotatable bonds is 3. The highest BCUT2D eigenvalue weighted by atomic mass is 16.5. The molecule has 1 heterocycles. The maximum atomic E-state index is 14.4. The zero-order valence-corrected chi connectivity index (χ0v) is 16.7. The fourth-order valence-corrected chi connectivity index (χ4v) is 6.96. The Labute approximate surface area is 172 Å². The van der Waals surface area contributed by atoms with Gasteiger partial charge in [0.2, 0.25) is 0 Å². The van der Waals surface area contributed by atoms with Crippen molar-refractivity contribution in [2.45, 2.75) is 24.8 Å². The van der Waals surface area contributed by atoms with Crippen molar-refractivity contribution in [1.29, 1.82) is 0 Å². The summed E-state index contributed by atoms with van der Waals surface area (Å²) in [6.45, 7) is 3.21. The molecular formula is C26H27NO2. The van der Waals surface area contributed by atoms with E-state index < -0.39 is 0 Å². The molecule has 2 unspecified atom stereocenters. The van der Waals surface area contributed by atoms with Crippen molar-refractivity contribution < 1.29 is 9.53 Å². The van der Waals surface area contributed by atoms with Crippen LogP contribution in [-0.2, 0) is 9.53 Å². The van der Waals surface area contributed by atoms with Gasteiger partial charge in [-0.15, -0.1) is 0 Å². The van der Waals surface area contributed by atoms with Crippen molar-refractivity contribution in [3.05, 3.63) is 71.8 Å². The molecule has 3 heteroatoms. The third-order valence-electron chi connectivity index (χ3n) is 7.89. The second kappa shape index (κ2) is 6.65. The molecule has 3 aliphatic carbocycles. The van der Waals surface area contributed by atoms with Gasteiger partial charge in [0.05, 0.1) is 18.8 Å². The van der Waals surface area contributed by atoms with E-state index in [1.54, 1.807) is 0 Å². The molecule has 3 fully saturated rings. The molecule has 6 rings (SSSR count). The molecule has 0 N–H and O–H groups in total. The van der Waals surface area contributed by atoms with Gasteiger partial charge in [-0.1, -0.05) is 60.7 Å². The maximum absolute atomic E-state index is 14.4. The van der Waals surface area contributed by atoms with E-state index in [1.165, 1.54) is 30.4 Å². The Balaban J connectivity index is 1.60. The summed E-state index contributed by atoms with van der Waals surface area (Å²) < 4.78 is 5.68. The fraction of sp³-hybridized carbons (Fsp3) is 0.423. The van der Waals surface area contributed by atoms with Gasteiger partial charge < -0.3 is 4.74 Å². The summed E-state index contributed by atoms with van der Waals surface area (Å²) in [6.07, 6.45) is 3.65. The van der Waals surface area contributed by atoms with Crippen LogP contribution in [-0.4, -0.2) is 42.5 Å². The van der Waals surface area contributed by atoms with Crippen LogP contribution in [0.15, 0.2) is 60.7 Å². The Morgan fingerprint density at radius 2 is 1.52 bits per heavy atom. The molecule has 2 saturated carbocycles. The Hall–Kier alpha value is -2.23. The minimum atomic E-state index is -0.358. The molecule has 3 nitrogen and oxygen atoms in total. The normalized spacial score (nSPS) is 34.1. The number of morpholine rings is 1. The van der Waals surface area contributed by atoms with Crippen molar-refractivity contribution in [3.63, 3.8) is 0 Å². The quantitative estimate of drug-likeness (QED) is 0.789. The molecule has 0 spiro atoms. The van der Waals surface area contributed by atoms with E-state index in [4.69, 9.17) is 4.74 Å². The molecule has 4 aliphatic rings. The number of hydrogen-bond donors (Lipinski definition) is 0. The van der Waals surface area contributed by atoms with Crippen LogP contribution in [0.5, 0.6) is 0 Å². The van der Waals surface area contributed by atoms with Crippen molar-refractivity contribution in [3.8, 4) is 0 Å². The van der Waals surface area contributed by atoms with Crippen molar-refractivity contribution in [1.82, 2.24) is 4.90 Å². The minimum Gasteiger partial charge on any atom is -0.379 e. The van der Waals surface area contributed by atoms with E-state index >= 15 is 0 Å². The first kappa shape index (κ1) is 17.6. The fourth-order valence-electron chi connectivity index (χ4n) is 6.96. The highest BCUT2D eigenvalue weighted by molar-refractivity contribution is 6.36. The molecule has 2 aromatic carbocycles. The molecule has 0 radical (unpaired) electrons. The Bertz CT molecular complexity index is 961. The van der Waals surface area contributed by atoms with Crippen LogP contribution in [0.2, 0.25) is 0 Å². The summed E-state index contributed by atoms with van der Waals surface area (Å²) in [5.74, 6) is 1.78. The topological polar surface area (TPSA) is 29.5 Å². The van der Waals surface area contributed by atoms with E-state index in [0.29, 0.717) is 23.5 Å². The second-order valence-electron chi connectivity index (χ2n) is 9.02. The van der Waals surface area contributed by atoms with Gasteiger partial charge in [0, 0.05) is 24.6 Å². The lowest BCUT2D eigenvalue weighted by molar-refractivity contribution is -0.135. The molecule has 4 atom stereocenters. The number of carbonyl (C=O) groups excluding carboxylic acids is 1. The summed E-state index contributed by atoms with van der Waals surface area (Å²) in [5, 5.41) is 0. The highest BCUT2D eigenvalue weighted by Gasteiger charge is 2.69. The van der Waals surface area contributed by atoms with E-state index in [9.17, 15) is 4.79 Å². The number of fused-ring (bicyclic) bond motifs is 5. The van der Waals surface area contributed by atoms with Gasteiger partial charge in [-0.2, -0.15) is 0 Å². The zero-order valence-electron chi connectivity index (χ0n) is 16.7. The van der Waals surface area contributed by atoms with Crippen LogP contribution in [0.25, 0.3) is 11.1 Å². The van der Waals surface area contributed by atoms with Crippen LogP contribution in [0.3, 0.4) is 0 Å². The van der Waals surface area contributed by atoms with Crippen molar-refractivity contribution in [2.75, 3.05) is 26.3 Å². The summed E-state index contributed by atoms with van der Waals surface area (Å²) >= 11 is 0. The lowest BCUT2D eigenvalue weighted by Crippen LogP contribution is -2.63. The number of benzene rings is 2. The van der Waals surface area contributed by atoms with Crippen molar-refractivity contribution in [2.24, 2.45) is 17.8 Å². The van der Waals surface area contributed by atoms with Gasteiger partial charge in [0.25, 0.3) is 0 Å². The van der Waals surface area contributed by atoms with Crippen LogP contribution >= 0.6 is 0 Å². The van der Waals surface area contributed by atoms with Gasteiger partial charge in [0.15, 0.2) is 5.78 Å². The van der Waals surface area contributed by atoms with Crippen LogP contribution < -0.4 is 0 Å². The molecule has 0 aromatic heterocycles. The highest BCUT2D eigenvalue weighted by Crippen LogP contribution is 2.66. The van der Waals surface area contributed by atoms with Crippen molar-refractivity contribution >= 4 is 16.9 Å². The van der Waals surface area contributed by atoms with Gasteiger partial charge in [0.1, 0.15) is 0 Å². The van der Waals surface area contributed by atoms with Gasteiger partial charge >= 0.3 is 0 Å². The van der Waals surface area contributed by atoms with E-state index in [1.807, 2.05) is 6.07 Å². The first-order chi connectivity index (χ1) is 14.3. The summed E-state index contributed by atoms with van der Waals surface area (Å²) in [7, 11) is 0. The third kappa shape index (κ3) is 2.35. The summed E-state index contributed by atoms with van der Waals surface area (Å²) in [4.78, 5) is 17.0. The van der Waals surface area contributed by atoms with Crippen LogP contribution in [0.4, 0.5) is 0 Å². The SMILES string of the molecule is O=C1C(c2ccccc2)=C(c2ccccc2)[C@H]2C3CCC(C3)[C@@]12N1CCOCC1. The maximum Gasteiger partial charge on any atom is 0.184 e. The number of carbonyl (C=O) groups is 1. The number of Topliss-reactive ketones (excluding diaryl/α,β-unsaturated/α-hetero) is 1. The first-order valence-corrected chi connectivity index (χ1v) is 11.0. The lowest BCUT2D eigenvalue weighted by Gasteiger charge is -2.49. The average Bonchev–Trinajstić information content (AvgIpc) is 3.46. The molecule has 1 aliphatic heterocycles. The lowest BCUT2D eigenvalue weighted by atomic mass is 9.69. The predicted octanol–water partition coefficient (Wildman–Crippen LogP) is 4.30. The molecule has 1 saturated heterocycles. The Kier molecular flexibility index (Phi) is 4.04. The van der Waals surface area contributed by atoms with Gasteiger partial charge in [-0.3, -0.25) is 9.69 Å². The summed E-state index contributed by atoms with van der Waals surface area (Å²) in [6, 6.07) is 21.1. The van der Waals surface area contributed by atoms with Gasteiger partial charge in [-0.05, 0) is 47.8 Å². The molecule has 29 heavy (non-hydrogen) atoms. The van der Waals surface area contributed by atoms with Gasteiger partial charge in [-0.25, -0.2) is 0 Å². The number of hydrogen-bond acceptors (Lipinski definition) is 3. The molecular weight excluding hydrogens is 358 g/mol. The molecule has 2 aromatic rings. The largest absolute Gasteiger partial charge is 0.379 e. The van der Waals surface area contributed by atoms with Crippen LogP contribution in [0, 0.1) is 17.8 Å². The number of ether oxygens (including phenoxy) is 1. The zero-order chi connectivity index (χ0) is 19.4. The van der Waals surface area contributed by atoms with E-state index in [0.717, 1.165) is 37.4 Å². The summed E-state index contributed by atoms with van der Waals surface area (Å²) in [5.41, 5.74) is 4.24. The smallest absolute Gasteiger partial charge is 0.184 e. The third-order valence-corrected chi connectivity index (χ3v) is 7.89.